The molecule has 204 valence electrons. The number of carbonyl (C=O) groups is 1. The Morgan fingerprint density at radius 3 is 2.38 bits per heavy atom. The van der Waals surface area contributed by atoms with Crippen LogP contribution in [0, 0.1) is 17.1 Å². The number of amides is 2. The molecule has 0 unspecified atom stereocenters. The van der Waals surface area contributed by atoms with Gasteiger partial charge < -0.3 is 15.5 Å². The van der Waals surface area contributed by atoms with Crippen molar-refractivity contribution >= 4 is 23.3 Å². The Hall–Kier alpha value is -3.61. The number of urea groups is 1. The number of nitrogens with zero attached hydrogens (tertiary/aromatic N) is 2. The summed E-state index contributed by atoms with van der Waals surface area (Å²) < 4.78 is 51.7. The van der Waals surface area contributed by atoms with E-state index in [4.69, 9.17) is 11.6 Å². The second-order valence-corrected chi connectivity index (χ2v) is 10.1. The van der Waals surface area contributed by atoms with Crippen LogP contribution in [-0.4, -0.2) is 43.3 Å². The molecule has 4 rings (SSSR count). The predicted octanol–water partition coefficient (Wildman–Crippen LogP) is 7.13. The number of benzene rings is 3. The van der Waals surface area contributed by atoms with E-state index in [1.165, 1.54) is 12.1 Å². The predicted molar refractivity (Wildman–Crippen MR) is 143 cm³/mol. The lowest BCUT2D eigenvalue weighted by molar-refractivity contribution is -0.138. The number of carbonyl (C=O) groups excluding carboxylic acids is 1. The molecule has 0 aromatic heterocycles. The number of alkyl halides is 3. The van der Waals surface area contributed by atoms with Crippen LogP contribution >= 0.6 is 11.6 Å². The van der Waals surface area contributed by atoms with E-state index in [-0.39, 0.29) is 18.1 Å². The number of rotatable bonds is 7. The zero-order valence-electron chi connectivity index (χ0n) is 21.0. The molecule has 5 nitrogen and oxygen atoms in total. The van der Waals surface area contributed by atoms with Crippen LogP contribution < -0.4 is 10.6 Å². The molecule has 0 saturated carbocycles. The highest BCUT2D eigenvalue weighted by molar-refractivity contribution is 6.31. The molecule has 1 aliphatic rings. The van der Waals surface area contributed by atoms with Gasteiger partial charge in [-0.25, -0.2) is 9.18 Å². The average Bonchev–Trinajstić information content (AvgIpc) is 2.93. The molecule has 1 heterocycles. The van der Waals surface area contributed by atoms with Crippen molar-refractivity contribution in [2.75, 3.05) is 31.5 Å². The van der Waals surface area contributed by atoms with Gasteiger partial charge in [-0.15, -0.1) is 0 Å². The molecule has 1 fully saturated rings. The van der Waals surface area contributed by atoms with E-state index in [0.29, 0.717) is 37.2 Å². The Kier molecular flexibility index (Phi) is 8.78. The van der Waals surface area contributed by atoms with Crippen LogP contribution in [0.3, 0.4) is 0 Å². The number of anilines is 1. The lowest BCUT2D eigenvalue weighted by Gasteiger charge is -2.42. The number of likely N-dealkylation sites (tertiary alicyclic amines) is 1. The van der Waals surface area contributed by atoms with Crippen molar-refractivity contribution in [3.8, 4) is 17.2 Å². The molecule has 1 aliphatic heterocycles. The van der Waals surface area contributed by atoms with Gasteiger partial charge in [-0.3, -0.25) is 0 Å². The van der Waals surface area contributed by atoms with E-state index in [9.17, 15) is 27.6 Å². The third-order valence-corrected chi connectivity index (χ3v) is 7.40. The van der Waals surface area contributed by atoms with Crippen molar-refractivity contribution in [2.45, 2.75) is 30.9 Å². The fourth-order valence-corrected chi connectivity index (χ4v) is 5.02. The molecule has 0 aliphatic carbocycles. The number of nitrogens with one attached hydrogen (secondary N) is 2. The maximum Gasteiger partial charge on any atom is 0.390 e. The lowest BCUT2D eigenvalue weighted by Crippen LogP contribution is -2.50. The first-order valence-electron chi connectivity index (χ1n) is 12.5. The Balaban J connectivity index is 1.51. The first kappa shape index (κ1) is 28.4. The van der Waals surface area contributed by atoms with Crippen LogP contribution in [0.5, 0.6) is 0 Å². The minimum Gasteiger partial charge on any atom is -0.337 e. The summed E-state index contributed by atoms with van der Waals surface area (Å²) in [6, 6.07) is 20.6. The highest BCUT2D eigenvalue weighted by Gasteiger charge is 2.37. The van der Waals surface area contributed by atoms with E-state index in [1.54, 1.807) is 17.0 Å². The third-order valence-electron chi connectivity index (χ3n) is 7.11. The number of halogens is 5. The number of nitriles is 1. The Morgan fingerprint density at radius 1 is 1.03 bits per heavy atom. The van der Waals surface area contributed by atoms with Gasteiger partial charge in [0.25, 0.3) is 0 Å². The molecule has 0 bridgehead atoms. The molecular weight excluding hydrogens is 532 g/mol. The van der Waals surface area contributed by atoms with Gasteiger partial charge in [-0.05, 0) is 73.0 Å². The van der Waals surface area contributed by atoms with Crippen LogP contribution in [0.2, 0.25) is 5.02 Å². The Bertz CT molecular complexity index is 1350. The summed E-state index contributed by atoms with van der Waals surface area (Å²) >= 11 is 5.80. The Morgan fingerprint density at radius 2 is 1.74 bits per heavy atom. The molecule has 0 spiro atoms. The van der Waals surface area contributed by atoms with Crippen molar-refractivity contribution in [3.05, 3.63) is 88.7 Å². The van der Waals surface area contributed by atoms with Crippen LogP contribution in [0.4, 0.5) is 28.0 Å². The van der Waals surface area contributed by atoms with Crippen LogP contribution in [0.25, 0.3) is 11.1 Å². The smallest absolute Gasteiger partial charge is 0.337 e. The largest absolute Gasteiger partial charge is 0.390 e. The number of piperidine rings is 1. The van der Waals surface area contributed by atoms with Crippen LogP contribution in [0.1, 0.15) is 30.4 Å². The van der Waals surface area contributed by atoms with Crippen LogP contribution in [0.15, 0.2) is 66.7 Å². The van der Waals surface area contributed by atoms with Gasteiger partial charge in [0.05, 0.1) is 23.1 Å². The maximum absolute atomic E-state index is 13.5. The molecular formula is C29H27ClF4N4O. The average molecular weight is 559 g/mol. The molecule has 0 atom stereocenters. The SMILES string of the molecule is N#Cc1cccc(-c2ccc(C3(CNC(=O)Nc4ccc(F)c(Cl)c4)CCN(CCC(F)(F)F)CC3)cc2)c1. The summed E-state index contributed by atoms with van der Waals surface area (Å²) in [5.74, 6) is -0.596. The summed E-state index contributed by atoms with van der Waals surface area (Å²) in [4.78, 5) is 14.5. The zero-order chi connectivity index (χ0) is 28.0. The molecule has 3 aromatic rings. The minimum absolute atomic E-state index is 0.0625. The first-order valence-corrected chi connectivity index (χ1v) is 12.8. The van der Waals surface area contributed by atoms with Crippen molar-refractivity contribution in [1.29, 1.82) is 5.26 Å². The number of hydrogen-bond acceptors (Lipinski definition) is 3. The summed E-state index contributed by atoms with van der Waals surface area (Å²) in [5.41, 5.74) is 3.16. The van der Waals surface area contributed by atoms with Crippen molar-refractivity contribution in [2.24, 2.45) is 0 Å². The van der Waals surface area contributed by atoms with Crippen molar-refractivity contribution < 1.29 is 22.4 Å². The first-order chi connectivity index (χ1) is 18.6. The highest BCUT2D eigenvalue weighted by atomic mass is 35.5. The molecule has 1 saturated heterocycles. The molecule has 2 N–H and O–H groups in total. The van der Waals surface area contributed by atoms with E-state index in [0.717, 1.165) is 22.8 Å². The molecule has 10 heteroatoms. The lowest BCUT2D eigenvalue weighted by atomic mass is 9.72. The summed E-state index contributed by atoms with van der Waals surface area (Å²) in [5, 5.41) is 14.6. The molecule has 3 aromatic carbocycles. The van der Waals surface area contributed by atoms with Gasteiger partial charge in [0.1, 0.15) is 5.82 Å². The van der Waals surface area contributed by atoms with Gasteiger partial charge in [0.15, 0.2) is 0 Å². The van der Waals surface area contributed by atoms with E-state index < -0.39 is 29.9 Å². The van der Waals surface area contributed by atoms with E-state index in [1.807, 2.05) is 36.4 Å². The maximum atomic E-state index is 13.5. The highest BCUT2D eigenvalue weighted by Crippen LogP contribution is 2.37. The number of hydrogen-bond donors (Lipinski definition) is 2. The fraction of sp³-hybridized carbons (Fsp3) is 0.310. The van der Waals surface area contributed by atoms with Gasteiger partial charge in [0.2, 0.25) is 0 Å². The van der Waals surface area contributed by atoms with Crippen molar-refractivity contribution in [1.82, 2.24) is 10.2 Å². The second kappa shape index (κ2) is 12.1. The van der Waals surface area contributed by atoms with Gasteiger partial charge in [0, 0.05) is 24.2 Å². The van der Waals surface area contributed by atoms with Gasteiger partial charge in [-0.2, -0.15) is 18.4 Å². The van der Waals surface area contributed by atoms with E-state index >= 15 is 0 Å². The third kappa shape index (κ3) is 7.49. The normalized spacial score (nSPS) is 15.4. The summed E-state index contributed by atoms with van der Waals surface area (Å²) in [6.45, 7) is 1.11. The monoisotopic (exact) mass is 558 g/mol. The minimum atomic E-state index is -4.21. The second-order valence-electron chi connectivity index (χ2n) is 9.69. The molecule has 0 radical (unpaired) electrons. The van der Waals surface area contributed by atoms with Gasteiger partial charge >= 0.3 is 12.2 Å². The fourth-order valence-electron chi connectivity index (χ4n) is 4.84. The molecule has 2 amide bonds. The topological polar surface area (TPSA) is 68.2 Å². The van der Waals surface area contributed by atoms with Gasteiger partial charge in [-0.1, -0.05) is 48.0 Å². The standard InChI is InChI=1S/C29H27ClF4N4O/c30-25-17-24(8-9-26(25)31)37-27(39)36-19-28(10-13-38(14-11-28)15-12-29(32,33)34)23-6-4-21(5-7-23)22-3-1-2-20(16-22)18-35/h1-9,16-17H,10-15,19H2,(H2,36,37,39). The quantitative estimate of drug-likeness (QED) is 0.303. The van der Waals surface area contributed by atoms with Crippen LogP contribution in [-0.2, 0) is 5.41 Å². The Labute approximate surface area is 229 Å². The van der Waals surface area contributed by atoms with E-state index in [2.05, 4.69) is 16.7 Å². The van der Waals surface area contributed by atoms with Crippen molar-refractivity contribution in [3.63, 3.8) is 0 Å². The summed E-state index contributed by atoms with van der Waals surface area (Å²) in [7, 11) is 0. The zero-order valence-corrected chi connectivity index (χ0v) is 21.7. The summed E-state index contributed by atoms with van der Waals surface area (Å²) in [6.07, 6.45) is -3.97. The molecule has 39 heavy (non-hydrogen) atoms.